The van der Waals surface area contributed by atoms with E-state index in [4.69, 9.17) is 36.1 Å². The fraction of sp³-hybridized carbons (Fsp3) is 0.700. The second-order valence-corrected chi connectivity index (χ2v) is 29.6. The van der Waals surface area contributed by atoms with E-state index in [0.29, 0.717) is 6.54 Å². The molecule has 0 aliphatic carbocycles. The van der Waals surface area contributed by atoms with E-state index in [2.05, 4.69) is 30.2 Å². The third kappa shape index (κ3) is 11.4. The molecule has 0 aromatic carbocycles. The van der Waals surface area contributed by atoms with Crippen molar-refractivity contribution >= 4 is 61.3 Å². The minimum absolute atomic E-state index is 0.0455. The van der Waals surface area contributed by atoms with Crippen LogP contribution in [0.5, 0.6) is 0 Å². The van der Waals surface area contributed by atoms with Crippen LogP contribution in [0.15, 0.2) is 28.4 Å². The largest absolute Gasteiger partial charge is 0.695 e. The van der Waals surface area contributed by atoms with Gasteiger partial charge in [-0.15, -0.1) is 9.42 Å². The molecule has 0 amide bonds. The molecule has 6 heterocycles. The van der Waals surface area contributed by atoms with E-state index in [9.17, 15) is 34.2 Å². The first-order chi connectivity index (χ1) is 32.9. The van der Waals surface area contributed by atoms with Gasteiger partial charge in [0.15, 0.2) is 47.4 Å². The topological polar surface area (TPSA) is 319 Å². The first kappa shape index (κ1) is 55.6. The van der Waals surface area contributed by atoms with Gasteiger partial charge in [0.05, 0.1) is 45.0 Å². The molecule has 70 heavy (non-hydrogen) atoms. The molecule has 0 spiro atoms. The van der Waals surface area contributed by atoms with Gasteiger partial charge in [0, 0.05) is 17.3 Å². The average Bonchev–Trinajstić information content (AvgIpc) is 4.03. The van der Waals surface area contributed by atoms with Crippen LogP contribution in [-0.4, -0.2) is 129 Å². The number of aromatic amines is 2. The summed E-state index contributed by atoms with van der Waals surface area (Å²) in [7, 11) is -16.2. The first-order valence-electron chi connectivity index (χ1n) is 22.8. The summed E-state index contributed by atoms with van der Waals surface area (Å²) in [6, 6.07) is 1.85. The van der Waals surface area contributed by atoms with E-state index >= 15 is 13.3 Å². The van der Waals surface area contributed by atoms with Crippen LogP contribution in [0.3, 0.4) is 0 Å². The number of nitrogens with one attached hydrogen (secondary N) is 3. The van der Waals surface area contributed by atoms with Crippen LogP contribution >= 0.6 is 16.1 Å². The van der Waals surface area contributed by atoms with Crippen LogP contribution in [0.4, 0.5) is 14.7 Å². The summed E-state index contributed by atoms with van der Waals surface area (Å²) in [4.78, 5) is 65.5. The predicted molar refractivity (Wildman–Crippen MR) is 251 cm³/mol. The Morgan fingerprint density at radius 3 is 2.23 bits per heavy atom. The van der Waals surface area contributed by atoms with Crippen molar-refractivity contribution in [3.05, 3.63) is 45.4 Å². The number of ether oxygens (including phenoxy) is 2. The molecule has 4 aromatic rings. The molecule has 388 valence electrons. The summed E-state index contributed by atoms with van der Waals surface area (Å²) in [6.07, 6.45) is -11.2. The van der Waals surface area contributed by atoms with E-state index in [1.165, 1.54) is 0 Å². The highest BCUT2D eigenvalue weighted by Gasteiger charge is 2.61. The minimum Gasteiger partial charge on any atom is -0.414 e. The summed E-state index contributed by atoms with van der Waals surface area (Å²) in [6.45, 7) is 16.7. The molecule has 2 saturated heterocycles. The predicted octanol–water partition coefficient (Wildman–Crippen LogP) is 5.58. The molecular weight excluding hydrogens is 1000 g/mol. The van der Waals surface area contributed by atoms with Crippen molar-refractivity contribution in [3.63, 3.8) is 0 Å². The zero-order chi connectivity index (χ0) is 51.6. The zero-order valence-corrected chi connectivity index (χ0v) is 44.1. The lowest BCUT2D eigenvalue weighted by Gasteiger charge is -2.47. The van der Waals surface area contributed by atoms with Gasteiger partial charge in [-0.3, -0.25) is 32.7 Å². The quantitative estimate of drug-likeness (QED) is 0.0283. The summed E-state index contributed by atoms with van der Waals surface area (Å²) < 4.78 is 111. The first-order valence-corrected chi connectivity index (χ1v) is 29.4. The monoisotopic (exact) mass is 1060 g/mol. The van der Waals surface area contributed by atoms with Crippen molar-refractivity contribution in [2.45, 2.75) is 147 Å². The highest BCUT2D eigenvalue weighted by molar-refractivity contribution is 7.48. The van der Waals surface area contributed by atoms with Gasteiger partial charge >= 0.3 is 33.2 Å². The minimum atomic E-state index is -5.19. The van der Waals surface area contributed by atoms with Crippen molar-refractivity contribution in [2.75, 3.05) is 31.7 Å². The van der Waals surface area contributed by atoms with Crippen molar-refractivity contribution < 1.29 is 68.8 Å². The summed E-state index contributed by atoms with van der Waals surface area (Å²) in [5.41, 5.74) is -3.56. The summed E-state index contributed by atoms with van der Waals surface area (Å²) in [5.74, 6) is -0.835. The molecule has 4 aromatic heterocycles. The van der Waals surface area contributed by atoms with E-state index < -0.39 is 136 Å². The van der Waals surface area contributed by atoms with Crippen LogP contribution in [0, 0.1) is 23.1 Å². The molecule has 0 radical (unpaired) electrons. The molecule has 30 heteroatoms. The maximum absolute atomic E-state index is 16.6. The molecule has 10 atom stereocenters. The van der Waals surface area contributed by atoms with Gasteiger partial charge in [0.25, 0.3) is 11.1 Å². The molecule has 2 aliphatic heterocycles. The molecule has 6 rings (SSSR count). The van der Waals surface area contributed by atoms with Gasteiger partial charge in [0.1, 0.15) is 29.8 Å². The number of phosphoric ester groups is 1. The number of nitriles is 1. The Balaban J connectivity index is 1.43. The Hall–Kier alpha value is -3.76. The fourth-order valence-electron chi connectivity index (χ4n) is 8.54. The Kier molecular flexibility index (Phi) is 17.9. The second-order valence-electron chi connectivity index (χ2n) is 18.7. The second kappa shape index (κ2) is 22.6. The number of nitrogens with zero attached hydrogens (tertiary/aromatic N) is 6. The number of hydrogen-bond acceptors (Lipinski definition) is 19. The Morgan fingerprint density at radius 1 is 0.957 bits per heavy atom. The van der Waals surface area contributed by atoms with Gasteiger partial charge in [-0.2, -0.15) is 10.2 Å². The lowest BCUT2D eigenvalue weighted by atomic mass is 10.1. The van der Waals surface area contributed by atoms with Crippen LogP contribution in [0.1, 0.15) is 88.1 Å². The lowest BCUT2D eigenvalue weighted by molar-refractivity contribution is -0.0615. The van der Waals surface area contributed by atoms with Crippen molar-refractivity contribution in [3.8, 4) is 6.07 Å². The highest BCUT2D eigenvalue weighted by atomic mass is 31.2. The van der Waals surface area contributed by atoms with Crippen LogP contribution in [-0.2, 0) is 45.2 Å². The third-order valence-corrected chi connectivity index (χ3v) is 23.8. The number of phosphoric acid groups is 1. The number of fused-ring (bicyclic) bond motifs is 2. The third-order valence-electron chi connectivity index (χ3n) is 12.2. The number of H-pyrrole nitrogens is 2. The molecule has 6 N–H and O–H groups in total. The fourth-order valence-corrected chi connectivity index (χ4v) is 20.3. The molecule has 2 fully saturated rings. The SMILES string of the molecule is CC(C)CNc1nc2c(ncn2[C@@H]2O[C@H](COP(=O)(OCCC#N)O[C@@H]3[C@H](O[Si](O[Si](O)(C(C)C)C(C)C)(C(C)C)C(C)C)[C@@H](CO)O[C@H]3n3cc(F)c4c(=O)[nH]cnc43)[C@@H](O[P+](=O)O)[C@H]2F)c(=O)[nH]1. The van der Waals surface area contributed by atoms with Gasteiger partial charge in [0.2, 0.25) is 5.95 Å². The van der Waals surface area contributed by atoms with Gasteiger partial charge in [-0.1, -0.05) is 69.2 Å². The molecule has 0 bridgehead atoms. The Bertz CT molecular complexity index is 2670. The molecule has 2 aliphatic rings. The number of aliphatic hydroxyl groups excluding tert-OH is 1. The van der Waals surface area contributed by atoms with E-state index in [1.54, 1.807) is 0 Å². The van der Waals surface area contributed by atoms with E-state index in [-0.39, 0.29) is 46.2 Å². The maximum atomic E-state index is 16.6. The summed E-state index contributed by atoms with van der Waals surface area (Å²) in [5, 5.41) is 22.9. The number of alkyl halides is 1. The van der Waals surface area contributed by atoms with Crippen LogP contribution < -0.4 is 16.4 Å². The van der Waals surface area contributed by atoms with E-state index in [1.807, 2.05) is 75.3 Å². The van der Waals surface area contributed by atoms with Gasteiger partial charge < -0.3 is 42.8 Å². The molecular formula is C40H62F2N9O15P2Si2+. The average molecular weight is 1070 g/mol. The number of anilines is 1. The number of hydrogen-bond donors (Lipinski definition) is 6. The van der Waals surface area contributed by atoms with Crippen molar-refractivity contribution in [1.82, 2.24) is 34.1 Å². The zero-order valence-electron chi connectivity index (χ0n) is 40.3. The van der Waals surface area contributed by atoms with Crippen molar-refractivity contribution in [1.29, 1.82) is 5.26 Å². The van der Waals surface area contributed by atoms with Crippen LogP contribution in [0.25, 0.3) is 22.2 Å². The number of imidazole rings is 1. The van der Waals surface area contributed by atoms with Gasteiger partial charge in [-0.25, -0.2) is 23.3 Å². The maximum Gasteiger partial charge on any atom is 0.695 e. The highest BCUT2D eigenvalue weighted by Crippen LogP contribution is 2.56. The number of rotatable bonds is 24. The van der Waals surface area contributed by atoms with Gasteiger partial charge in [-0.05, 0) is 28.1 Å². The van der Waals surface area contributed by atoms with E-state index in [0.717, 1.165) is 28.0 Å². The number of aromatic nitrogens is 7. The number of halogens is 2. The molecule has 0 saturated carbocycles. The Labute approximate surface area is 404 Å². The molecule has 2 unspecified atom stereocenters. The Morgan fingerprint density at radius 2 is 1.63 bits per heavy atom. The molecule has 24 nitrogen and oxygen atoms in total. The normalized spacial score (nSPS) is 24.5. The van der Waals surface area contributed by atoms with Crippen molar-refractivity contribution in [2.24, 2.45) is 5.92 Å². The van der Waals surface area contributed by atoms with Crippen LogP contribution in [0.2, 0.25) is 22.2 Å². The standard InChI is InChI=1S/C40H61F2N9O15P2Si2/c1-20(2)14-44-40-48-35-30(37(54)49-40)47-19-51(35)38-29(42)31(63-67(55)56)27(62-38)17-60-68(57,59-13-11-12-43)64-33-32(65-70(23(7)8,24(9)10)66-69(58,21(3)4)22(5)6)26(16-52)61-39(33)50-15-25(41)28-34(50)45-18-46-36(28)53/h15,18-24,26-27,29,31-33,38-39,52,58H,11,13-14,16-17H2,1-10H3,(H3-,44,45,46,48,49,53,54,55,56)/p+1/t26-,27-,29-,31-,32-,33-,38-,39-,68?/m1/s1. The lowest BCUT2D eigenvalue weighted by Crippen LogP contribution is -2.62. The summed E-state index contributed by atoms with van der Waals surface area (Å²) >= 11 is 0. The smallest absolute Gasteiger partial charge is 0.414 e. The number of aliphatic hydroxyl groups is 1.